The average molecular weight is 415 g/mol. The van der Waals surface area contributed by atoms with Crippen molar-refractivity contribution in [2.24, 2.45) is 0 Å². The third-order valence-electron chi connectivity index (χ3n) is 3.82. The van der Waals surface area contributed by atoms with E-state index in [0.29, 0.717) is 27.9 Å². The summed E-state index contributed by atoms with van der Waals surface area (Å²) in [6, 6.07) is 20.0. The van der Waals surface area contributed by atoms with Gasteiger partial charge in [0.1, 0.15) is 0 Å². The lowest BCUT2D eigenvalue weighted by atomic mass is 10.2. The molecule has 5 nitrogen and oxygen atoms in total. The number of anilines is 2. The minimum Gasteiger partial charge on any atom is -0.493 e. The molecule has 0 saturated carbocycles. The van der Waals surface area contributed by atoms with Crippen LogP contribution in [0.3, 0.4) is 0 Å². The predicted octanol–water partition coefficient (Wildman–Crippen LogP) is 6.15. The SMILES string of the molecule is COc1ccc(NC(=O)Nc2ccccc2Sc2ccc(Cl)cc2)cc1OC. The van der Waals surface area contributed by atoms with Crippen LogP contribution in [0.5, 0.6) is 11.5 Å². The summed E-state index contributed by atoms with van der Waals surface area (Å²) in [7, 11) is 3.11. The number of nitrogens with one attached hydrogen (secondary N) is 2. The zero-order valence-corrected chi connectivity index (χ0v) is 16.9. The summed E-state index contributed by atoms with van der Waals surface area (Å²) < 4.78 is 10.5. The van der Waals surface area contributed by atoms with Crippen molar-refractivity contribution in [3.63, 3.8) is 0 Å². The fourth-order valence-electron chi connectivity index (χ4n) is 2.49. The van der Waals surface area contributed by atoms with Crippen molar-refractivity contribution in [2.75, 3.05) is 24.9 Å². The molecule has 0 spiro atoms. The Bertz CT molecular complexity index is 964. The van der Waals surface area contributed by atoms with Gasteiger partial charge in [0.15, 0.2) is 11.5 Å². The first kappa shape index (κ1) is 19.9. The van der Waals surface area contributed by atoms with Crippen molar-refractivity contribution in [2.45, 2.75) is 9.79 Å². The Balaban J connectivity index is 1.71. The Kier molecular flexibility index (Phi) is 6.68. The molecule has 0 saturated heterocycles. The molecular formula is C21H19ClN2O3S. The standard InChI is InChI=1S/C21H19ClN2O3S/c1-26-18-12-9-15(13-19(18)27-2)23-21(25)24-17-5-3-4-6-20(17)28-16-10-7-14(22)8-11-16/h3-13H,1-2H3,(H2,23,24,25). The van der Waals surface area contributed by atoms with Crippen LogP contribution >= 0.6 is 23.4 Å². The van der Waals surface area contributed by atoms with Crippen LogP contribution in [0.4, 0.5) is 16.2 Å². The van der Waals surface area contributed by atoms with Crippen LogP contribution < -0.4 is 20.1 Å². The van der Waals surface area contributed by atoms with E-state index in [1.54, 1.807) is 44.2 Å². The largest absolute Gasteiger partial charge is 0.493 e. The molecule has 0 aliphatic heterocycles. The molecule has 0 radical (unpaired) electrons. The van der Waals surface area contributed by atoms with Gasteiger partial charge in [0, 0.05) is 26.6 Å². The topological polar surface area (TPSA) is 59.6 Å². The summed E-state index contributed by atoms with van der Waals surface area (Å²) in [6.07, 6.45) is 0. The van der Waals surface area contributed by atoms with Crippen LogP contribution in [-0.2, 0) is 0 Å². The summed E-state index contributed by atoms with van der Waals surface area (Å²) in [6.45, 7) is 0. The number of hydrogen-bond donors (Lipinski definition) is 2. The molecule has 0 fully saturated rings. The molecule has 0 unspecified atom stereocenters. The monoisotopic (exact) mass is 414 g/mol. The number of ether oxygens (including phenoxy) is 2. The molecule has 0 heterocycles. The van der Waals surface area contributed by atoms with Gasteiger partial charge in [-0.2, -0.15) is 0 Å². The molecule has 3 aromatic rings. The summed E-state index contributed by atoms with van der Waals surface area (Å²) in [5.74, 6) is 1.14. The van der Waals surface area contributed by atoms with Gasteiger partial charge in [-0.1, -0.05) is 35.5 Å². The maximum absolute atomic E-state index is 12.5. The normalized spacial score (nSPS) is 10.2. The van der Waals surface area contributed by atoms with Crippen LogP contribution in [0, 0.1) is 0 Å². The highest BCUT2D eigenvalue weighted by Crippen LogP contribution is 2.34. The van der Waals surface area contributed by atoms with Crippen LogP contribution in [0.25, 0.3) is 0 Å². The molecule has 0 aliphatic rings. The van der Waals surface area contributed by atoms with Gasteiger partial charge in [-0.3, -0.25) is 0 Å². The maximum Gasteiger partial charge on any atom is 0.323 e. The molecule has 7 heteroatoms. The lowest BCUT2D eigenvalue weighted by Crippen LogP contribution is -2.19. The zero-order valence-electron chi connectivity index (χ0n) is 15.4. The van der Waals surface area contributed by atoms with Crippen LogP contribution in [0.15, 0.2) is 76.5 Å². The third kappa shape index (κ3) is 5.12. The number of benzene rings is 3. The van der Waals surface area contributed by atoms with Gasteiger partial charge < -0.3 is 20.1 Å². The molecule has 144 valence electrons. The first-order valence-electron chi connectivity index (χ1n) is 8.41. The van der Waals surface area contributed by atoms with Crippen molar-refractivity contribution < 1.29 is 14.3 Å². The lowest BCUT2D eigenvalue weighted by Gasteiger charge is -2.13. The zero-order chi connectivity index (χ0) is 19.9. The highest BCUT2D eigenvalue weighted by atomic mass is 35.5. The molecule has 0 atom stereocenters. The van der Waals surface area contributed by atoms with Gasteiger partial charge in [-0.25, -0.2) is 4.79 Å². The first-order chi connectivity index (χ1) is 13.6. The van der Waals surface area contributed by atoms with Crippen LogP contribution in [0.2, 0.25) is 5.02 Å². The number of rotatable bonds is 6. The van der Waals surface area contributed by atoms with Gasteiger partial charge in [0.05, 0.1) is 19.9 Å². The van der Waals surface area contributed by atoms with E-state index in [2.05, 4.69) is 10.6 Å². The van der Waals surface area contributed by atoms with Crippen molar-refractivity contribution in [1.29, 1.82) is 0 Å². The summed E-state index contributed by atoms with van der Waals surface area (Å²) in [5.41, 5.74) is 1.30. The van der Waals surface area contributed by atoms with Gasteiger partial charge >= 0.3 is 6.03 Å². The molecule has 28 heavy (non-hydrogen) atoms. The molecule has 0 bridgehead atoms. The number of para-hydroxylation sites is 1. The van der Waals surface area contributed by atoms with E-state index in [1.165, 1.54) is 0 Å². The second kappa shape index (κ2) is 9.39. The smallest absolute Gasteiger partial charge is 0.323 e. The van der Waals surface area contributed by atoms with Gasteiger partial charge in [0.25, 0.3) is 0 Å². The number of urea groups is 1. The first-order valence-corrected chi connectivity index (χ1v) is 9.61. The van der Waals surface area contributed by atoms with E-state index >= 15 is 0 Å². The van der Waals surface area contributed by atoms with Gasteiger partial charge in [0.2, 0.25) is 0 Å². The van der Waals surface area contributed by atoms with E-state index < -0.39 is 0 Å². The van der Waals surface area contributed by atoms with E-state index in [1.807, 2.05) is 48.5 Å². The Morgan fingerprint density at radius 3 is 2.32 bits per heavy atom. The van der Waals surface area contributed by atoms with Crippen LogP contribution in [-0.4, -0.2) is 20.3 Å². The number of halogens is 1. The molecular weight excluding hydrogens is 396 g/mol. The molecule has 2 amide bonds. The summed E-state index contributed by atoms with van der Waals surface area (Å²) in [4.78, 5) is 14.4. The third-order valence-corrected chi connectivity index (χ3v) is 5.15. The average Bonchev–Trinajstić information content (AvgIpc) is 2.71. The number of amides is 2. The molecule has 3 rings (SSSR count). The van der Waals surface area contributed by atoms with Crippen molar-refractivity contribution in [3.05, 3.63) is 71.8 Å². The quantitative estimate of drug-likeness (QED) is 0.507. The second-order valence-electron chi connectivity index (χ2n) is 5.70. The summed E-state index contributed by atoms with van der Waals surface area (Å²) in [5, 5.41) is 6.38. The minimum atomic E-state index is -0.351. The van der Waals surface area contributed by atoms with Crippen LogP contribution in [0.1, 0.15) is 0 Å². The van der Waals surface area contributed by atoms with Crippen molar-refractivity contribution >= 4 is 40.8 Å². The Labute approximate surface area is 173 Å². The summed E-state index contributed by atoms with van der Waals surface area (Å²) >= 11 is 7.49. The number of carbonyl (C=O) groups excluding carboxylic acids is 1. The Morgan fingerprint density at radius 1 is 0.893 bits per heavy atom. The van der Waals surface area contributed by atoms with E-state index in [0.717, 1.165) is 9.79 Å². The number of hydrogen-bond acceptors (Lipinski definition) is 4. The van der Waals surface area contributed by atoms with E-state index in [-0.39, 0.29) is 6.03 Å². The Hall–Kier alpha value is -2.83. The highest BCUT2D eigenvalue weighted by Gasteiger charge is 2.10. The predicted molar refractivity (Wildman–Crippen MR) is 114 cm³/mol. The molecule has 2 N–H and O–H groups in total. The minimum absolute atomic E-state index is 0.351. The number of methoxy groups -OCH3 is 2. The maximum atomic E-state index is 12.5. The molecule has 3 aromatic carbocycles. The van der Waals surface area contributed by atoms with E-state index in [4.69, 9.17) is 21.1 Å². The van der Waals surface area contributed by atoms with Crippen molar-refractivity contribution in [3.8, 4) is 11.5 Å². The molecule has 0 aliphatic carbocycles. The lowest BCUT2D eigenvalue weighted by molar-refractivity contribution is 0.262. The highest BCUT2D eigenvalue weighted by molar-refractivity contribution is 7.99. The van der Waals surface area contributed by atoms with Gasteiger partial charge in [-0.05, 0) is 48.5 Å². The molecule has 0 aromatic heterocycles. The fourth-order valence-corrected chi connectivity index (χ4v) is 3.51. The van der Waals surface area contributed by atoms with Crippen molar-refractivity contribution in [1.82, 2.24) is 0 Å². The van der Waals surface area contributed by atoms with E-state index in [9.17, 15) is 4.79 Å². The fraction of sp³-hybridized carbons (Fsp3) is 0.0952. The van der Waals surface area contributed by atoms with Gasteiger partial charge in [-0.15, -0.1) is 0 Å². The second-order valence-corrected chi connectivity index (χ2v) is 7.25. The number of carbonyl (C=O) groups is 1. The Morgan fingerprint density at radius 2 is 1.61 bits per heavy atom.